The van der Waals surface area contributed by atoms with Gasteiger partial charge in [0.15, 0.2) is 15.0 Å². The van der Waals surface area contributed by atoms with Gasteiger partial charge in [-0.05, 0) is 35.9 Å². The number of sulfone groups is 1. The third-order valence-electron chi connectivity index (χ3n) is 4.53. The summed E-state index contributed by atoms with van der Waals surface area (Å²) in [6.45, 7) is 0.292. The van der Waals surface area contributed by atoms with Crippen molar-refractivity contribution >= 4 is 54.0 Å². The first kappa shape index (κ1) is 20.5. The molecule has 0 saturated carbocycles. The predicted octanol–water partition coefficient (Wildman–Crippen LogP) is 5.20. The number of aromatic nitrogens is 1. The van der Waals surface area contributed by atoms with Gasteiger partial charge in [-0.15, -0.1) is 0 Å². The highest BCUT2D eigenvalue weighted by molar-refractivity contribution is 7.90. The fraction of sp³-hybridized carbons (Fsp3) is 0.0909. The van der Waals surface area contributed by atoms with E-state index in [-0.39, 0.29) is 16.4 Å². The number of hydrogen-bond acceptors (Lipinski definition) is 5. The molecule has 0 spiro atoms. The zero-order chi connectivity index (χ0) is 21.3. The van der Waals surface area contributed by atoms with Crippen LogP contribution in [0.25, 0.3) is 10.2 Å². The maximum atomic E-state index is 13.5. The summed E-state index contributed by atoms with van der Waals surface area (Å²) >= 11 is 7.64. The van der Waals surface area contributed by atoms with E-state index in [4.69, 9.17) is 11.6 Å². The minimum absolute atomic E-state index is 0.0976. The topological polar surface area (TPSA) is 67.3 Å². The van der Waals surface area contributed by atoms with Gasteiger partial charge in [0.05, 0.1) is 21.2 Å². The Morgan fingerprint density at radius 3 is 2.47 bits per heavy atom. The SMILES string of the molecule is CS(=O)(=O)c1cccc(C(=O)N(Cc2ccccc2)c2nc3c(Cl)cccc3s2)c1. The van der Waals surface area contributed by atoms with E-state index in [0.29, 0.717) is 22.2 Å². The summed E-state index contributed by atoms with van der Waals surface area (Å²) in [7, 11) is -3.44. The van der Waals surface area contributed by atoms with Crippen molar-refractivity contribution in [1.29, 1.82) is 0 Å². The number of rotatable bonds is 5. The largest absolute Gasteiger partial charge is 0.279 e. The van der Waals surface area contributed by atoms with Crippen molar-refractivity contribution in [3.8, 4) is 0 Å². The second kappa shape index (κ2) is 8.18. The Bertz CT molecular complexity index is 1340. The standard InChI is InChI=1S/C22H17ClN2O3S2/c1-30(27,28)17-10-5-9-16(13-17)21(26)25(14-15-7-3-2-4-8-15)22-24-20-18(23)11-6-12-19(20)29-22/h2-13H,14H2,1H3. The lowest BCUT2D eigenvalue weighted by Gasteiger charge is -2.20. The van der Waals surface area contributed by atoms with E-state index in [9.17, 15) is 13.2 Å². The smallest absolute Gasteiger partial charge is 0.260 e. The molecule has 8 heteroatoms. The van der Waals surface area contributed by atoms with Gasteiger partial charge in [-0.3, -0.25) is 9.69 Å². The van der Waals surface area contributed by atoms with Crippen molar-refractivity contribution in [2.24, 2.45) is 0 Å². The zero-order valence-electron chi connectivity index (χ0n) is 15.9. The highest BCUT2D eigenvalue weighted by Crippen LogP contribution is 2.34. The van der Waals surface area contributed by atoms with Crippen molar-refractivity contribution in [3.05, 3.63) is 88.9 Å². The summed E-state index contributed by atoms with van der Waals surface area (Å²) in [5, 5.41) is 1.01. The number of anilines is 1. The van der Waals surface area contributed by atoms with Crippen LogP contribution in [0.3, 0.4) is 0 Å². The van der Waals surface area contributed by atoms with Crippen molar-refractivity contribution < 1.29 is 13.2 Å². The van der Waals surface area contributed by atoms with Crippen LogP contribution in [0.15, 0.2) is 77.7 Å². The summed E-state index contributed by atoms with van der Waals surface area (Å²) < 4.78 is 24.8. The van der Waals surface area contributed by atoms with E-state index < -0.39 is 9.84 Å². The maximum Gasteiger partial charge on any atom is 0.260 e. The van der Waals surface area contributed by atoms with Gasteiger partial charge in [-0.1, -0.05) is 65.4 Å². The average molecular weight is 457 g/mol. The molecule has 1 amide bonds. The molecule has 0 radical (unpaired) electrons. The number of carbonyl (C=O) groups is 1. The van der Waals surface area contributed by atoms with E-state index in [1.54, 1.807) is 23.1 Å². The quantitative estimate of drug-likeness (QED) is 0.414. The fourth-order valence-corrected chi connectivity index (χ4v) is 4.96. The summed E-state index contributed by atoms with van der Waals surface area (Å²) in [5.74, 6) is -0.334. The molecule has 4 aromatic rings. The summed E-state index contributed by atoms with van der Waals surface area (Å²) in [5.41, 5.74) is 1.84. The Balaban J connectivity index is 1.80. The van der Waals surface area contributed by atoms with E-state index >= 15 is 0 Å². The molecule has 3 aromatic carbocycles. The van der Waals surface area contributed by atoms with Crippen LogP contribution in [-0.4, -0.2) is 25.6 Å². The summed E-state index contributed by atoms with van der Waals surface area (Å²) in [6.07, 6.45) is 1.12. The Morgan fingerprint density at radius 2 is 1.77 bits per heavy atom. The molecular formula is C22H17ClN2O3S2. The van der Waals surface area contributed by atoms with Gasteiger partial charge in [0, 0.05) is 11.8 Å². The molecule has 0 saturated heterocycles. The average Bonchev–Trinajstić information content (AvgIpc) is 3.17. The van der Waals surface area contributed by atoms with Gasteiger partial charge < -0.3 is 0 Å². The number of benzene rings is 3. The molecule has 30 heavy (non-hydrogen) atoms. The predicted molar refractivity (Wildman–Crippen MR) is 121 cm³/mol. The van der Waals surface area contributed by atoms with Crippen LogP contribution in [0.5, 0.6) is 0 Å². The molecule has 0 atom stereocenters. The van der Waals surface area contributed by atoms with Crippen LogP contribution in [0, 0.1) is 0 Å². The second-order valence-corrected chi connectivity index (χ2v) is 10.2. The number of carbonyl (C=O) groups excluding carboxylic acids is 1. The number of halogens is 1. The highest BCUT2D eigenvalue weighted by Gasteiger charge is 2.23. The van der Waals surface area contributed by atoms with Gasteiger partial charge in [0.1, 0.15) is 5.52 Å². The Hall–Kier alpha value is -2.74. The van der Waals surface area contributed by atoms with Crippen molar-refractivity contribution in [2.45, 2.75) is 11.4 Å². The second-order valence-electron chi connectivity index (χ2n) is 6.76. The van der Waals surface area contributed by atoms with Crippen LogP contribution in [0.2, 0.25) is 5.02 Å². The van der Waals surface area contributed by atoms with Crippen LogP contribution in [0.4, 0.5) is 5.13 Å². The van der Waals surface area contributed by atoms with Crippen LogP contribution >= 0.6 is 22.9 Å². The molecule has 152 valence electrons. The lowest BCUT2D eigenvalue weighted by molar-refractivity contribution is 0.0985. The molecule has 0 unspecified atom stereocenters. The molecule has 0 aliphatic heterocycles. The Labute approximate surface area is 183 Å². The maximum absolute atomic E-state index is 13.5. The van der Waals surface area contributed by atoms with Crippen LogP contribution in [0.1, 0.15) is 15.9 Å². The van der Waals surface area contributed by atoms with Crippen molar-refractivity contribution in [2.75, 3.05) is 11.2 Å². The van der Waals surface area contributed by atoms with Gasteiger partial charge in [-0.25, -0.2) is 13.4 Å². The first-order valence-corrected chi connectivity index (χ1v) is 12.1. The molecule has 4 rings (SSSR count). The third-order valence-corrected chi connectivity index (χ3v) is 6.99. The molecular weight excluding hydrogens is 440 g/mol. The van der Waals surface area contributed by atoms with Gasteiger partial charge in [0.25, 0.3) is 5.91 Å². The van der Waals surface area contributed by atoms with E-state index in [0.717, 1.165) is 16.5 Å². The molecule has 1 aromatic heterocycles. The number of para-hydroxylation sites is 1. The fourth-order valence-electron chi connectivity index (χ4n) is 3.03. The summed E-state index contributed by atoms with van der Waals surface area (Å²) in [6, 6.07) is 21.1. The van der Waals surface area contributed by atoms with Crippen molar-refractivity contribution in [1.82, 2.24) is 4.98 Å². The molecule has 0 fully saturated rings. The van der Waals surface area contributed by atoms with E-state index in [2.05, 4.69) is 4.98 Å². The normalized spacial score (nSPS) is 11.5. The molecule has 1 heterocycles. The third kappa shape index (κ3) is 4.23. The number of fused-ring (bicyclic) bond motifs is 1. The monoisotopic (exact) mass is 456 g/mol. The minimum atomic E-state index is -3.44. The van der Waals surface area contributed by atoms with Crippen LogP contribution in [-0.2, 0) is 16.4 Å². The van der Waals surface area contributed by atoms with Gasteiger partial charge in [-0.2, -0.15) is 0 Å². The molecule has 0 N–H and O–H groups in total. The van der Waals surface area contributed by atoms with E-state index in [1.165, 1.54) is 23.5 Å². The lowest BCUT2D eigenvalue weighted by atomic mass is 10.1. The highest BCUT2D eigenvalue weighted by atomic mass is 35.5. The van der Waals surface area contributed by atoms with E-state index in [1.807, 2.05) is 42.5 Å². The van der Waals surface area contributed by atoms with Gasteiger partial charge in [0.2, 0.25) is 0 Å². The lowest BCUT2D eigenvalue weighted by Crippen LogP contribution is -2.30. The van der Waals surface area contributed by atoms with Crippen molar-refractivity contribution in [3.63, 3.8) is 0 Å². The summed E-state index contributed by atoms with van der Waals surface area (Å²) in [4.78, 5) is 19.7. The first-order valence-electron chi connectivity index (χ1n) is 9.04. The molecule has 0 aliphatic carbocycles. The number of nitrogens with zero attached hydrogens (tertiary/aromatic N) is 2. The minimum Gasteiger partial charge on any atom is -0.279 e. The van der Waals surface area contributed by atoms with Crippen LogP contribution < -0.4 is 4.90 Å². The number of amides is 1. The zero-order valence-corrected chi connectivity index (χ0v) is 18.3. The molecule has 0 aliphatic rings. The number of hydrogen-bond donors (Lipinski definition) is 0. The first-order chi connectivity index (χ1) is 14.3. The number of thiazole rings is 1. The molecule has 0 bridgehead atoms. The molecule has 5 nitrogen and oxygen atoms in total. The Morgan fingerprint density at radius 1 is 1.03 bits per heavy atom. The Kier molecular flexibility index (Phi) is 5.60. The van der Waals surface area contributed by atoms with Gasteiger partial charge >= 0.3 is 0 Å².